The van der Waals surface area contributed by atoms with Crippen LogP contribution in [0, 0.1) is 11.3 Å². The van der Waals surface area contributed by atoms with Crippen LogP contribution in [0.25, 0.3) is 6.08 Å². The van der Waals surface area contributed by atoms with Crippen LogP contribution in [0.15, 0.2) is 65.7 Å². The minimum absolute atomic E-state index is 0.000418. The van der Waals surface area contributed by atoms with Crippen molar-refractivity contribution in [2.75, 3.05) is 25.6 Å². The van der Waals surface area contributed by atoms with Crippen molar-refractivity contribution in [3.05, 3.63) is 71.2 Å². The van der Waals surface area contributed by atoms with Crippen LogP contribution in [0.4, 0.5) is 5.13 Å². The minimum Gasteiger partial charge on any atom is -0.497 e. The molecular formula is C23H21N3O4S. The molecule has 8 heteroatoms. The zero-order chi connectivity index (χ0) is 21.9. The number of nitrogens with zero attached hydrogens (tertiary/aromatic N) is 2. The molecule has 158 valence electrons. The number of nitriles is 1. The first-order valence-corrected chi connectivity index (χ1v) is 10.4. The predicted octanol–water partition coefficient (Wildman–Crippen LogP) is 4.55. The predicted molar refractivity (Wildman–Crippen MR) is 119 cm³/mol. The first-order valence-electron chi connectivity index (χ1n) is 9.50. The number of carbonyl (C=O) groups is 1. The van der Waals surface area contributed by atoms with E-state index in [-0.39, 0.29) is 5.57 Å². The second-order valence-corrected chi connectivity index (χ2v) is 7.15. The molecule has 7 nitrogen and oxygen atoms in total. The van der Waals surface area contributed by atoms with Gasteiger partial charge in [0.25, 0.3) is 5.91 Å². The van der Waals surface area contributed by atoms with Gasteiger partial charge in [-0.25, -0.2) is 4.98 Å². The molecule has 3 aromatic rings. The first-order chi connectivity index (χ1) is 15.2. The quantitative estimate of drug-likeness (QED) is 0.285. The molecule has 1 amide bonds. The Balaban J connectivity index is 1.44. The Morgan fingerprint density at radius 2 is 1.68 bits per heavy atom. The van der Waals surface area contributed by atoms with Gasteiger partial charge in [0, 0.05) is 18.0 Å². The van der Waals surface area contributed by atoms with Crippen LogP contribution in [0.1, 0.15) is 12.0 Å². The summed E-state index contributed by atoms with van der Waals surface area (Å²) in [6, 6.07) is 16.5. The van der Waals surface area contributed by atoms with Crippen molar-refractivity contribution in [2.45, 2.75) is 6.42 Å². The number of carbonyl (C=O) groups excluding carboxylic acids is 1. The van der Waals surface area contributed by atoms with Crippen LogP contribution >= 0.6 is 11.3 Å². The van der Waals surface area contributed by atoms with E-state index in [0.717, 1.165) is 23.5 Å². The third-order valence-electron chi connectivity index (χ3n) is 4.09. The maximum absolute atomic E-state index is 12.2. The summed E-state index contributed by atoms with van der Waals surface area (Å²) in [5, 5.41) is 14.1. The zero-order valence-electron chi connectivity index (χ0n) is 16.9. The van der Waals surface area contributed by atoms with Crippen LogP contribution in [-0.4, -0.2) is 31.2 Å². The second kappa shape index (κ2) is 11.4. The lowest BCUT2D eigenvalue weighted by molar-refractivity contribution is -0.112. The summed E-state index contributed by atoms with van der Waals surface area (Å²) >= 11 is 1.29. The first kappa shape index (κ1) is 21.9. The van der Waals surface area contributed by atoms with Gasteiger partial charge in [-0.05, 0) is 48.0 Å². The zero-order valence-corrected chi connectivity index (χ0v) is 17.7. The molecule has 0 spiro atoms. The second-order valence-electron chi connectivity index (χ2n) is 6.26. The third-order valence-corrected chi connectivity index (χ3v) is 4.78. The molecule has 0 radical (unpaired) electrons. The van der Waals surface area contributed by atoms with Crippen molar-refractivity contribution in [1.82, 2.24) is 4.98 Å². The standard InChI is InChI=1S/C23H21N3O4S/c1-28-19-7-9-21(10-8-19)30-13-2-12-29-20-5-3-17(4-6-20)15-18(16-24)22(27)26-23-25-11-14-31-23/h3-11,14-15H,2,12-13H2,1H3,(H,25,26,27). The summed E-state index contributed by atoms with van der Waals surface area (Å²) in [7, 11) is 1.62. The average Bonchev–Trinajstić information content (AvgIpc) is 3.31. The lowest BCUT2D eigenvalue weighted by Crippen LogP contribution is -2.13. The van der Waals surface area contributed by atoms with Gasteiger partial charge < -0.3 is 14.2 Å². The Bertz CT molecular complexity index is 1040. The highest BCUT2D eigenvalue weighted by Crippen LogP contribution is 2.18. The molecule has 0 atom stereocenters. The summed E-state index contributed by atoms with van der Waals surface area (Å²) in [6.45, 7) is 1.04. The number of thiazole rings is 1. The van der Waals surface area contributed by atoms with Gasteiger partial charge >= 0.3 is 0 Å². The van der Waals surface area contributed by atoms with Gasteiger partial charge in [0.15, 0.2) is 5.13 Å². The molecule has 1 N–H and O–H groups in total. The van der Waals surface area contributed by atoms with E-state index in [1.54, 1.807) is 43.0 Å². The lowest BCUT2D eigenvalue weighted by Gasteiger charge is -2.09. The topological polar surface area (TPSA) is 93.5 Å². The van der Waals surface area contributed by atoms with E-state index < -0.39 is 5.91 Å². The van der Waals surface area contributed by atoms with Gasteiger partial charge in [-0.15, -0.1) is 11.3 Å². The summed E-state index contributed by atoms with van der Waals surface area (Å²) < 4.78 is 16.5. The van der Waals surface area contributed by atoms with E-state index >= 15 is 0 Å². The van der Waals surface area contributed by atoms with Gasteiger partial charge in [-0.3, -0.25) is 10.1 Å². The number of methoxy groups -OCH3 is 1. The number of amides is 1. The van der Waals surface area contributed by atoms with Crippen LogP contribution < -0.4 is 19.5 Å². The fraction of sp³-hybridized carbons (Fsp3) is 0.174. The number of nitrogens with one attached hydrogen (secondary N) is 1. The van der Waals surface area contributed by atoms with Crippen molar-refractivity contribution in [3.63, 3.8) is 0 Å². The highest BCUT2D eigenvalue weighted by Gasteiger charge is 2.10. The van der Waals surface area contributed by atoms with E-state index in [1.165, 1.54) is 17.4 Å². The number of ether oxygens (including phenoxy) is 3. The monoisotopic (exact) mass is 435 g/mol. The van der Waals surface area contributed by atoms with E-state index in [4.69, 9.17) is 14.2 Å². The Labute approximate surface area is 184 Å². The molecule has 31 heavy (non-hydrogen) atoms. The molecule has 0 bridgehead atoms. The highest BCUT2D eigenvalue weighted by molar-refractivity contribution is 7.13. The maximum atomic E-state index is 12.2. The summed E-state index contributed by atoms with van der Waals surface area (Å²) in [4.78, 5) is 16.1. The third kappa shape index (κ3) is 6.87. The molecule has 1 heterocycles. The molecule has 0 fully saturated rings. The molecule has 0 unspecified atom stereocenters. The van der Waals surface area contributed by atoms with E-state index in [1.807, 2.05) is 30.3 Å². The molecular weight excluding hydrogens is 414 g/mol. The molecule has 0 saturated heterocycles. The Morgan fingerprint density at radius 1 is 1.06 bits per heavy atom. The van der Waals surface area contributed by atoms with Crippen LogP contribution in [0.2, 0.25) is 0 Å². The lowest BCUT2D eigenvalue weighted by atomic mass is 10.1. The Hall–Kier alpha value is -3.83. The SMILES string of the molecule is COc1ccc(OCCCOc2ccc(C=C(C#N)C(=O)Nc3nccs3)cc2)cc1. The summed E-state index contributed by atoms with van der Waals surface area (Å²) in [5.41, 5.74) is 0.723. The molecule has 0 saturated carbocycles. The number of aromatic nitrogens is 1. The van der Waals surface area contributed by atoms with Gasteiger partial charge in [-0.2, -0.15) is 5.26 Å². The summed E-state index contributed by atoms with van der Waals surface area (Å²) in [6.07, 6.45) is 3.83. The van der Waals surface area contributed by atoms with Crippen molar-refractivity contribution in [2.24, 2.45) is 0 Å². The average molecular weight is 436 g/mol. The number of rotatable bonds is 10. The summed E-state index contributed by atoms with van der Waals surface area (Å²) in [5.74, 6) is 1.78. The van der Waals surface area contributed by atoms with Gasteiger partial charge in [0.1, 0.15) is 28.9 Å². The van der Waals surface area contributed by atoms with Gasteiger partial charge in [0.05, 0.1) is 20.3 Å². The van der Waals surface area contributed by atoms with Crippen molar-refractivity contribution < 1.29 is 19.0 Å². The fourth-order valence-corrected chi connectivity index (χ4v) is 3.06. The Kier molecular flexibility index (Phi) is 8.03. The van der Waals surface area contributed by atoms with Crippen LogP contribution in [0.5, 0.6) is 17.2 Å². The van der Waals surface area contributed by atoms with E-state index in [9.17, 15) is 10.1 Å². The van der Waals surface area contributed by atoms with Gasteiger partial charge in [-0.1, -0.05) is 12.1 Å². The number of hydrogen-bond donors (Lipinski definition) is 1. The molecule has 0 aliphatic heterocycles. The molecule has 0 aliphatic rings. The highest BCUT2D eigenvalue weighted by atomic mass is 32.1. The molecule has 3 rings (SSSR count). The number of anilines is 1. The normalized spacial score (nSPS) is 10.8. The number of hydrogen-bond acceptors (Lipinski definition) is 7. The number of benzene rings is 2. The fourth-order valence-electron chi connectivity index (χ4n) is 2.54. The maximum Gasteiger partial charge on any atom is 0.268 e. The van der Waals surface area contributed by atoms with Crippen LogP contribution in [-0.2, 0) is 4.79 Å². The Morgan fingerprint density at radius 3 is 2.23 bits per heavy atom. The molecule has 1 aromatic heterocycles. The van der Waals surface area contributed by atoms with Crippen molar-refractivity contribution in [1.29, 1.82) is 5.26 Å². The molecule has 0 aliphatic carbocycles. The van der Waals surface area contributed by atoms with Crippen LogP contribution in [0.3, 0.4) is 0 Å². The minimum atomic E-state index is -0.491. The van der Waals surface area contributed by atoms with E-state index in [0.29, 0.717) is 24.1 Å². The molecule has 2 aromatic carbocycles. The van der Waals surface area contributed by atoms with E-state index in [2.05, 4.69) is 10.3 Å². The smallest absolute Gasteiger partial charge is 0.268 e. The largest absolute Gasteiger partial charge is 0.497 e. The van der Waals surface area contributed by atoms with Crippen molar-refractivity contribution >= 4 is 28.5 Å². The van der Waals surface area contributed by atoms with Gasteiger partial charge in [0.2, 0.25) is 0 Å². The van der Waals surface area contributed by atoms with Crippen molar-refractivity contribution in [3.8, 4) is 23.3 Å².